The van der Waals surface area contributed by atoms with E-state index in [1.807, 2.05) is 0 Å². The first-order valence-electron chi connectivity index (χ1n) is 7.10. The summed E-state index contributed by atoms with van der Waals surface area (Å²) in [6.07, 6.45) is -6.78. The summed E-state index contributed by atoms with van der Waals surface area (Å²) in [5.74, 6) is -1.77. The number of hydrogen-bond donors (Lipinski definition) is 1. The Hall–Kier alpha value is -1.32. The number of rotatable bonds is 7. The third kappa shape index (κ3) is 7.51. The minimum absolute atomic E-state index is 0.693. The van der Waals surface area contributed by atoms with Gasteiger partial charge in [-0.3, -0.25) is 18.0 Å². The maximum absolute atomic E-state index is 11.5. The molecule has 12 nitrogen and oxygen atoms in total. The molecule has 0 bridgehead atoms. The number of hydrogen-bond acceptors (Lipinski definition) is 12. The second-order valence-corrected chi connectivity index (χ2v) is 8.71. The van der Waals surface area contributed by atoms with Gasteiger partial charge in [-0.1, -0.05) is 0 Å². The van der Waals surface area contributed by atoms with Crippen LogP contribution in [-0.4, -0.2) is 83.7 Å². The molecule has 0 aliphatic carbocycles. The van der Waals surface area contributed by atoms with Gasteiger partial charge in [0, 0.05) is 13.8 Å². The zero-order valence-electron chi connectivity index (χ0n) is 14.3. The minimum Gasteiger partial charge on any atom is -0.455 e. The van der Waals surface area contributed by atoms with E-state index in [4.69, 9.17) is 18.4 Å². The Balaban J connectivity index is 3.25. The maximum atomic E-state index is 11.5. The van der Waals surface area contributed by atoms with Crippen molar-refractivity contribution in [1.29, 1.82) is 0 Å². The van der Waals surface area contributed by atoms with E-state index in [1.54, 1.807) is 0 Å². The summed E-state index contributed by atoms with van der Waals surface area (Å²) in [4.78, 5) is 22.6. The molecule has 1 saturated heterocycles. The SMILES string of the molecule is CC(=O)O[C@@H]1[C@@H](OC(C)=O)[C@@H](O)O[C@H](COS(C)(=O)=O)[C@H]1OS(C)(=O)=O. The van der Waals surface area contributed by atoms with Gasteiger partial charge in [-0.25, -0.2) is 0 Å². The van der Waals surface area contributed by atoms with Gasteiger partial charge < -0.3 is 19.3 Å². The summed E-state index contributed by atoms with van der Waals surface area (Å²) < 4.78 is 69.6. The first kappa shape index (κ1) is 22.7. The molecule has 0 unspecified atom stereocenters. The third-order valence-corrected chi connectivity index (χ3v) is 4.08. The molecule has 1 aliphatic heterocycles. The molecule has 0 amide bonds. The van der Waals surface area contributed by atoms with Crippen molar-refractivity contribution in [3.05, 3.63) is 0 Å². The number of carbonyl (C=O) groups excluding carboxylic acids is 2. The molecule has 0 aromatic heterocycles. The van der Waals surface area contributed by atoms with Crippen LogP contribution in [0.4, 0.5) is 0 Å². The van der Waals surface area contributed by atoms with Gasteiger partial charge in [0.2, 0.25) is 0 Å². The fraction of sp³-hybridized carbons (Fsp3) is 0.833. The molecule has 0 spiro atoms. The zero-order chi connectivity index (χ0) is 20.3. The van der Waals surface area contributed by atoms with Crippen LogP contribution in [-0.2, 0) is 52.4 Å². The van der Waals surface area contributed by atoms with Crippen LogP contribution in [0.1, 0.15) is 13.8 Å². The molecule has 1 rings (SSSR count). The highest BCUT2D eigenvalue weighted by atomic mass is 32.2. The van der Waals surface area contributed by atoms with Crippen molar-refractivity contribution in [2.45, 2.75) is 44.6 Å². The third-order valence-electron chi connectivity index (χ3n) is 2.95. The van der Waals surface area contributed by atoms with Crippen LogP contribution in [0.3, 0.4) is 0 Å². The Morgan fingerprint density at radius 2 is 1.42 bits per heavy atom. The van der Waals surface area contributed by atoms with E-state index in [0.717, 1.165) is 20.1 Å². The molecule has 1 N–H and O–H groups in total. The van der Waals surface area contributed by atoms with Crippen LogP contribution in [0.5, 0.6) is 0 Å². The molecule has 152 valence electrons. The molecule has 0 aromatic rings. The quantitative estimate of drug-likeness (QED) is 0.352. The lowest BCUT2D eigenvalue weighted by atomic mass is 9.99. The Kier molecular flexibility index (Phi) is 7.50. The molecule has 1 aliphatic rings. The molecule has 26 heavy (non-hydrogen) atoms. The van der Waals surface area contributed by atoms with E-state index in [2.05, 4.69) is 4.18 Å². The summed E-state index contributed by atoms with van der Waals surface area (Å²) in [6.45, 7) is 1.25. The number of aliphatic hydroxyl groups excluding tert-OH is 1. The summed E-state index contributed by atoms with van der Waals surface area (Å²) in [5, 5.41) is 10.0. The first-order valence-corrected chi connectivity index (χ1v) is 10.7. The second-order valence-electron chi connectivity index (χ2n) is 5.47. The van der Waals surface area contributed by atoms with Gasteiger partial charge in [-0.15, -0.1) is 0 Å². The van der Waals surface area contributed by atoms with Gasteiger partial charge in [0.05, 0.1) is 19.1 Å². The lowest BCUT2D eigenvalue weighted by Crippen LogP contribution is -2.62. The number of aliphatic hydroxyl groups is 1. The van der Waals surface area contributed by atoms with Gasteiger partial charge in [-0.2, -0.15) is 16.8 Å². The van der Waals surface area contributed by atoms with Gasteiger partial charge in [0.25, 0.3) is 20.2 Å². The highest BCUT2D eigenvalue weighted by Crippen LogP contribution is 2.29. The van der Waals surface area contributed by atoms with Crippen LogP contribution in [0, 0.1) is 0 Å². The molecule has 1 fully saturated rings. The van der Waals surface area contributed by atoms with Crippen molar-refractivity contribution in [2.75, 3.05) is 19.1 Å². The number of esters is 2. The molecule has 0 saturated carbocycles. The molecule has 1 heterocycles. The van der Waals surface area contributed by atoms with Crippen molar-refractivity contribution in [3.63, 3.8) is 0 Å². The maximum Gasteiger partial charge on any atom is 0.303 e. The lowest BCUT2D eigenvalue weighted by molar-refractivity contribution is -0.287. The van der Waals surface area contributed by atoms with Crippen LogP contribution < -0.4 is 0 Å². The van der Waals surface area contributed by atoms with E-state index in [1.165, 1.54) is 0 Å². The topological polar surface area (TPSA) is 169 Å². The monoisotopic (exact) mass is 420 g/mol. The normalized spacial score (nSPS) is 29.8. The predicted octanol–water partition coefficient (Wildman–Crippen LogP) is -2.11. The van der Waals surface area contributed by atoms with Crippen LogP contribution in [0.2, 0.25) is 0 Å². The molecular weight excluding hydrogens is 400 g/mol. The number of carbonyl (C=O) groups is 2. The van der Waals surface area contributed by atoms with E-state index in [0.29, 0.717) is 6.26 Å². The summed E-state index contributed by atoms with van der Waals surface area (Å²) in [7, 11) is -8.09. The smallest absolute Gasteiger partial charge is 0.303 e. The molecule has 14 heteroatoms. The average molecular weight is 420 g/mol. The molecule has 5 atom stereocenters. The average Bonchev–Trinajstić information content (AvgIpc) is 2.41. The first-order chi connectivity index (χ1) is 11.7. The van der Waals surface area contributed by atoms with Crippen molar-refractivity contribution >= 4 is 32.2 Å². The summed E-state index contributed by atoms with van der Waals surface area (Å²) in [6, 6.07) is 0. The highest BCUT2D eigenvalue weighted by Gasteiger charge is 2.51. The van der Waals surface area contributed by atoms with Gasteiger partial charge in [0.15, 0.2) is 18.5 Å². The van der Waals surface area contributed by atoms with E-state index < -0.39 is 69.5 Å². The van der Waals surface area contributed by atoms with E-state index in [9.17, 15) is 31.5 Å². The molecule has 0 aromatic carbocycles. The molecular formula is C12H20O12S2. The summed E-state index contributed by atoms with van der Waals surface area (Å²) in [5.41, 5.74) is 0. The Labute approximate surface area is 150 Å². The fourth-order valence-corrected chi connectivity index (χ4v) is 3.20. The van der Waals surface area contributed by atoms with Crippen LogP contribution >= 0.6 is 0 Å². The van der Waals surface area contributed by atoms with Gasteiger partial charge >= 0.3 is 11.9 Å². The Morgan fingerprint density at radius 3 is 1.85 bits per heavy atom. The Bertz CT molecular complexity index is 727. The summed E-state index contributed by atoms with van der Waals surface area (Å²) >= 11 is 0. The van der Waals surface area contributed by atoms with E-state index in [-0.39, 0.29) is 0 Å². The van der Waals surface area contributed by atoms with Crippen molar-refractivity contribution in [2.24, 2.45) is 0 Å². The standard InChI is InChI=1S/C12H20O12S2/c1-6(13)21-10-9(24-26(4,18)19)8(5-20-25(3,16)17)23-12(15)11(10)22-7(2)14/h8-12,15H,5H2,1-4H3/t8-,9-,10+,11-,12+/m1/s1. The molecule has 0 radical (unpaired) electrons. The Morgan fingerprint density at radius 1 is 0.923 bits per heavy atom. The fourth-order valence-electron chi connectivity index (χ4n) is 2.18. The van der Waals surface area contributed by atoms with Crippen LogP contribution in [0.15, 0.2) is 0 Å². The van der Waals surface area contributed by atoms with Crippen molar-refractivity contribution in [1.82, 2.24) is 0 Å². The lowest BCUT2D eigenvalue weighted by Gasteiger charge is -2.42. The van der Waals surface area contributed by atoms with E-state index >= 15 is 0 Å². The zero-order valence-corrected chi connectivity index (χ0v) is 16.0. The van der Waals surface area contributed by atoms with Gasteiger partial charge in [-0.05, 0) is 0 Å². The second kappa shape index (κ2) is 8.58. The van der Waals surface area contributed by atoms with Gasteiger partial charge in [0.1, 0.15) is 12.2 Å². The minimum atomic E-state index is -4.15. The van der Waals surface area contributed by atoms with Crippen molar-refractivity contribution < 1.29 is 54.1 Å². The predicted molar refractivity (Wildman–Crippen MR) is 82.5 cm³/mol. The largest absolute Gasteiger partial charge is 0.455 e. The highest BCUT2D eigenvalue weighted by molar-refractivity contribution is 7.86. The van der Waals surface area contributed by atoms with Crippen molar-refractivity contribution in [3.8, 4) is 0 Å². The number of ether oxygens (including phenoxy) is 3. The van der Waals surface area contributed by atoms with Crippen LogP contribution in [0.25, 0.3) is 0 Å².